The molecule has 0 atom stereocenters. The molecule has 2 aromatic carbocycles. The van der Waals surface area contributed by atoms with Gasteiger partial charge in [0.1, 0.15) is 5.82 Å². The van der Waals surface area contributed by atoms with Crippen LogP contribution in [0.25, 0.3) is 10.9 Å². The Hall–Kier alpha value is -2.21. The monoisotopic (exact) mass is 348 g/mol. The standard InChI is InChI=1S/C15H10BrFN2O2/c16-12-2-1-11-3-4-18(15(11)7-12)9-10-5-13(17)8-14(6-10)19(20)21/h1-8H,9H2. The Morgan fingerprint density at radius 1 is 1.19 bits per heavy atom. The van der Waals surface area contributed by atoms with E-state index in [1.54, 1.807) is 0 Å². The summed E-state index contributed by atoms with van der Waals surface area (Å²) in [5, 5.41) is 11.9. The highest BCUT2D eigenvalue weighted by Crippen LogP contribution is 2.23. The zero-order chi connectivity index (χ0) is 15.0. The SMILES string of the molecule is O=[N+]([O-])c1cc(F)cc(Cn2ccc3ccc(Br)cc32)c1. The van der Waals surface area contributed by atoms with Crippen LogP contribution < -0.4 is 0 Å². The summed E-state index contributed by atoms with van der Waals surface area (Å²) < 4.78 is 16.3. The van der Waals surface area contributed by atoms with Gasteiger partial charge >= 0.3 is 0 Å². The Labute approximate surface area is 128 Å². The van der Waals surface area contributed by atoms with Crippen LogP contribution in [-0.4, -0.2) is 9.49 Å². The molecule has 0 spiro atoms. The van der Waals surface area contributed by atoms with Crippen LogP contribution in [0, 0.1) is 15.9 Å². The molecule has 0 aliphatic carbocycles. The third-order valence-electron chi connectivity index (χ3n) is 3.24. The van der Waals surface area contributed by atoms with Gasteiger partial charge in [0.05, 0.1) is 11.0 Å². The van der Waals surface area contributed by atoms with Crippen molar-refractivity contribution in [3.05, 3.63) is 74.6 Å². The molecule has 0 radical (unpaired) electrons. The van der Waals surface area contributed by atoms with Crippen molar-refractivity contribution in [3.63, 3.8) is 0 Å². The van der Waals surface area contributed by atoms with Gasteiger partial charge in [-0.1, -0.05) is 22.0 Å². The fraction of sp³-hybridized carbons (Fsp3) is 0.0667. The van der Waals surface area contributed by atoms with Crippen LogP contribution in [0.5, 0.6) is 0 Å². The Morgan fingerprint density at radius 3 is 2.76 bits per heavy atom. The Balaban J connectivity index is 2.02. The number of nitrogens with zero attached hydrogens (tertiary/aromatic N) is 2. The molecule has 1 heterocycles. The molecule has 3 aromatic rings. The molecule has 0 aliphatic rings. The molecule has 21 heavy (non-hydrogen) atoms. The smallest absolute Gasteiger partial charge is 0.272 e. The first-order valence-corrected chi connectivity index (χ1v) is 7.00. The van der Waals surface area contributed by atoms with E-state index in [0.717, 1.165) is 21.4 Å². The summed E-state index contributed by atoms with van der Waals surface area (Å²) in [6.45, 7) is 0.374. The summed E-state index contributed by atoms with van der Waals surface area (Å²) in [7, 11) is 0. The van der Waals surface area contributed by atoms with Crippen LogP contribution >= 0.6 is 15.9 Å². The minimum Gasteiger partial charge on any atom is -0.343 e. The normalized spacial score (nSPS) is 11.0. The van der Waals surface area contributed by atoms with Gasteiger partial charge in [0, 0.05) is 28.8 Å². The molecular weight excluding hydrogens is 339 g/mol. The molecule has 0 unspecified atom stereocenters. The van der Waals surface area contributed by atoms with E-state index in [0.29, 0.717) is 12.1 Å². The van der Waals surface area contributed by atoms with Gasteiger partial charge in [0.15, 0.2) is 0 Å². The van der Waals surface area contributed by atoms with Crippen molar-refractivity contribution in [2.75, 3.05) is 0 Å². The van der Waals surface area contributed by atoms with Crippen LogP contribution in [0.2, 0.25) is 0 Å². The first-order valence-electron chi connectivity index (χ1n) is 6.21. The first kappa shape index (κ1) is 13.8. The second kappa shape index (κ2) is 5.29. The Morgan fingerprint density at radius 2 is 2.00 bits per heavy atom. The number of rotatable bonds is 3. The Kier molecular flexibility index (Phi) is 3.47. The maximum atomic E-state index is 13.5. The number of hydrogen-bond acceptors (Lipinski definition) is 2. The molecular formula is C15H10BrFN2O2. The highest BCUT2D eigenvalue weighted by atomic mass is 79.9. The van der Waals surface area contributed by atoms with E-state index >= 15 is 0 Å². The van der Waals surface area contributed by atoms with Crippen molar-refractivity contribution in [1.29, 1.82) is 0 Å². The molecule has 1 aromatic heterocycles. The third-order valence-corrected chi connectivity index (χ3v) is 3.74. The summed E-state index contributed by atoms with van der Waals surface area (Å²) in [6.07, 6.45) is 1.88. The maximum Gasteiger partial charge on any atom is 0.272 e. The third kappa shape index (κ3) is 2.80. The largest absolute Gasteiger partial charge is 0.343 e. The van der Waals surface area contributed by atoms with Gasteiger partial charge in [-0.2, -0.15) is 0 Å². The number of halogens is 2. The van der Waals surface area contributed by atoms with E-state index < -0.39 is 10.7 Å². The highest BCUT2D eigenvalue weighted by molar-refractivity contribution is 9.10. The van der Waals surface area contributed by atoms with Gasteiger partial charge in [-0.05, 0) is 35.2 Å². The summed E-state index contributed by atoms with van der Waals surface area (Å²) in [6, 6.07) is 11.5. The molecule has 6 heteroatoms. The average Bonchev–Trinajstić information content (AvgIpc) is 2.80. The molecule has 0 bridgehead atoms. The lowest BCUT2D eigenvalue weighted by Gasteiger charge is -2.06. The Bertz CT molecular complexity index is 845. The zero-order valence-electron chi connectivity index (χ0n) is 10.8. The van der Waals surface area contributed by atoms with Crippen molar-refractivity contribution in [3.8, 4) is 0 Å². The van der Waals surface area contributed by atoms with E-state index in [-0.39, 0.29) is 5.69 Å². The van der Waals surface area contributed by atoms with Crippen LogP contribution in [-0.2, 0) is 6.54 Å². The lowest BCUT2D eigenvalue weighted by Crippen LogP contribution is -2.00. The number of fused-ring (bicyclic) bond motifs is 1. The first-order chi connectivity index (χ1) is 10.0. The van der Waals surface area contributed by atoms with Gasteiger partial charge in [-0.3, -0.25) is 10.1 Å². The lowest BCUT2D eigenvalue weighted by atomic mass is 10.2. The van der Waals surface area contributed by atoms with Crippen LogP contribution in [0.1, 0.15) is 5.56 Å². The van der Waals surface area contributed by atoms with E-state index in [2.05, 4.69) is 15.9 Å². The minimum atomic E-state index is -0.600. The molecule has 0 saturated heterocycles. The molecule has 0 saturated carbocycles. The topological polar surface area (TPSA) is 48.1 Å². The summed E-state index contributed by atoms with van der Waals surface area (Å²) in [4.78, 5) is 10.2. The molecule has 0 amide bonds. The van der Waals surface area contributed by atoms with E-state index in [9.17, 15) is 14.5 Å². The van der Waals surface area contributed by atoms with Crippen molar-refractivity contribution in [2.24, 2.45) is 0 Å². The van der Waals surface area contributed by atoms with Crippen molar-refractivity contribution >= 4 is 32.5 Å². The quantitative estimate of drug-likeness (QED) is 0.516. The molecule has 3 rings (SSSR count). The predicted molar refractivity (Wildman–Crippen MR) is 81.8 cm³/mol. The maximum absolute atomic E-state index is 13.5. The number of non-ortho nitro benzene ring substituents is 1. The number of hydrogen-bond donors (Lipinski definition) is 0. The van der Waals surface area contributed by atoms with Gasteiger partial charge in [-0.25, -0.2) is 4.39 Å². The number of nitro benzene ring substituents is 1. The molecule has 0 fully saturated rings. The molecule has 106 valence electrons. The van der Waals surface area contributed by atoms with Crippen molar-refractivity contribution in [2.45, 2.75) is 6.54 Å². The molecule has 0 N–H and O–H groups in total. The number of aromatic nitrogens is 1. The predicted octanol–water partition coefficient (Wildman–Crippen LogP) is 4.50. The number of nitro groups is 1. The van der Waals surface area contributed by atoms with Crippen LogP contribution in [0.15, 0.2) is 53.1 Å². The second-order valence-corrected chi connectivity index (χ2v) is 5.64. The van der Waals surface area contributed by atoms with Crippen molar-refractivity contribution in [1.82, 2.24) is 4.57 Å². The van der Waals surface area contributed by atoms with Gasteiger partial charge in [0.2, 0.25) is 0 Å². The molecule has 4 nitrogen and oxygen atoms in total. The summed E-state index contributed by atoms with van der Waals surface area (Å²) in [5.74, 6) is -0.600. The fourth-order valence-electron chi connectivity index (χ4n) is 2.32. The van der Waals surface area contributed by atoms with Gasteiger partial charge < -0.3 is 4.57 Å². The fourth-order valence-corrected chi connectivity index (χ4v) is 2.67. The van der Waals surface area contributed by atoms with E-state index in [4.69, 9.17) is 0 Å². The lowest BCUT2D eigenvalue weighted by molar-refractivity contribution is -0.385. The minimum absolute atomic E-state index is 0.234. The average molecular weight is 349 g/mol. The zero-order valence-corrected chi connectivity index (χ0v) is 12.4. The summed E-state index contributed by atoms with van der Waals surface area (Å²) in [5.41, 5.74) is 1.30. The number of benzene rings is 2. The summed E-state index contributed by atoms with van der Waals surface area (Å²) >= 11 is 3.42. The second-order valence-electron chi connectivity index (χ2n) is 4.72. The van der Waals surface area contributed by atoms with Crippen LogP contribution in [0.4, 0.5) is 10.1 Å². The molecule has 0 aliphatic heterocycles. The van der Waals surface area contributed by atoms with E-state index in [1.807, 2.05) is 35.0 Å². The van der Waals surface area contributed by atoms with Crippen molar-refractivity contribution < 1.29 is 9.31 Å². The highest BCUT2D eigenvalue weighted by Gasteiger charge is 2.11. The van der Waals surface area contributed by atoms with Gasteiger partial charge in [-0.15, -0.1) is 0 Å². The van der Waals surface area contributed by atoms with Gasteiger partial charge in [0.25, 0.3) is 5.69 Å². The van der Waals surface area contributed by atoms with E-state index in [1.165, 1.54) is 12.1 Å². The van der Waals surface area contributed by atoms with Crippen LogP contribution in [0.3, 0.4) is 0 Å².